The van der Waals surface area contributed by atoms with Gasteiger partial charge in [0.15, 0.2) is 0 Å². The second kappa shape index (κ2) is 6.19. The topological polar surface area (TPSA) is 37.3 Å². The molecule has 2 atom stereocenters. The van der Waals surface area contributed by atoms with Gasteiger partial charge in [0, 0.05) is 5.92 Å². The van der Waals surface area contributed by atoms with Gasteiger partial charge < -0.3 is 9.90 Å². The van der Waals surface area contributed by atoms with E-state index < -0.39 is 5.60 Å². The minimum absolute atomic E-state index is 0.252. The number of hydrogen-bond donors (Lipinski definition) is 1. The molecule has 1 rings (SSSR count). The molecule has 16 heavy (non-hydrogen) atoms. The molecule has 0 saturated carbocycles. The van der Waals surface area contributed by atoms with Crippen molar-refractivity contribution in [3.63, 3.8) is 0 Å². The molecule has 1 aliphatic rings. The molecule has 0 spiro atoms. The lowest BCUT2D eigenvalue weighted by molar-refractivity contribution is -0.111. The first-order chi connectivity index (χ1) is 7.57. The van der Waals surface area contributed by atoms with Gasteiger partial charge in [0.25, 0.3) is 0 Å². The molecular formula is C14H24O2. The molecule has 92 valence electrons. The van der Waals surface area contributed by atoms with Crippen LogP contribution in [0.2, 0.25) is 0 Å². The van der Waals surface area contributed by atoms with E-state index in [0.717, 1.165) is 51.2 Å². The molecule has 0 amide bonds. The number of carbonyl (C=O) groups is 1. The van der Waals surface area contributed by atoms with Crippen molar-refractivity contribution in [3.8, 4) is 0 Å². The van der Waals surface area contributed by atoms with Gasteiger partial charge >= 0.3 is 0 Å². The minimum Gasteiger partial charge on any atom is -0.390 e. The van der Waals surface area contributed by atoms with Gasteiger partial charge in [-0.25, -0.2) is 0 Å². The number of rotatable bonds is 6. The Kier molecular flexibility index (Phi) is 5.20. The van der Waals surface area contributed by atoms with Gasteiger partial charge in [-0.15, -0.1) is 0 Å². The van der Waals surface area contributed by atoms with E-state index in [-0.39, 0.29) is 5.92 Å². The van der Waals surface area contributed by atoms with Crippen LogP contribution in [0.1, 0.15) is 58.8 Å². The molecule has 0 saturated heterocycles. The highest BCUT2D eigenvalue weighted by Crippen LogP contribution is 2.27. The van der Waals surface area contributed by atoms with Crippen molar-refractivity contribution < 1.29 is 9.90 Å². The Labute approximate surface area is 98.7 Å². The van der Waals surface area contributed by atoms with Gasteiger partial charge in [0.2, 0.25) is 0 Å². The maximum Gasteiger partial charge on any atom is 0.123 e. The zero-order chi connectivity index (χ0) is 12.0. The molecule has 0 aromatic heterocycles. The van der Waals surface area contributed by atoms with E-state index in [0.29, 0.717) is 0 Å². The van der Waals surface area contributed by atoms with Gasteiger partial charge in [-0.2, -0.15) is 0 Å². The second-order valence-corrected chi connectivity index (χ2v) is 5.24. The van der Waals surface area contributed by atoms with Crippen LogP contribution in [0.5, 0.6) is 0 Å². The molecule has 2 nitrogen and oxygen atoms in total. The third-order valence-corrected chi connectivity index (χ3v) is 3.71. The summed E-state index contributed by atoms with van der Waals surface area (Å²) in [6.07, 6.45) is 10.1. The molecule has 0 fully saturated rings. The van der Waals surface area contributed by atoms with E-state index in [9.17, 15) is 9.90 Å². The Morgan fingerprint density at radius 1 is 1.62 bits per heavy atom. The summed E-state index contributed by atoms with van der Waals surface area (Å²) in [5.74, 6) is 0.252. The SMILES string of the molecule is CCC(C)(O)CCCC1=CCC(C=O)CC1. The van der Waals surface area contributed by atoms with Crippen LogP contribution in [0.25, 0.3) is 0 Å². The zero-order valence-electron chi connectivity index (χ0n) is 10.5. The molecule has 1 aliphatic carbocycles. The molecule has 0 aliphatic heterocycles. The van der Waals surface area contributed by atoms with E-state index in [1.807, 2.05) is 13.8 Å². The molecule has 0 aromatic carbocycles. The number of aliphatic hydroxyl groups is 1. The van der Waals surface area contributed by atoms with E-state index in [4.69, 9.17) is 0 Å². The van der Waals surface area contributed by atoms with Crippen molar-refractivity contribution in [3.05, 3.63) is 11.6 Å². The van der Waals surface area contributed by atoms with Crippen LogP contribution in [-0.4, -0.2) is 17.0 Å². The third-order valence-electron chi connectivity index (χ3n) is 3.71. The molecule has 1 N–H and O–H groups in total. The standard InChI is InChI=1S/C14H24O2/c1-3-14(2,16)10-4-5-12-6-8-13(11-15)9-7-12/h6,11,13,16H,3-5,7-10H2,1-2H3. The van der Waals surface area contributed by atoms with Gasteiger partial charge in [-0.3, -0.25) is 0 Å². The summed E-state index contributed by atoms with van der Waals surface area (Å²) in [6, 6.07) is 0. The highest BCUT2D eigenvalue weighted by molar-refractivity contribution is 5.54. The fraction of sp³-hybridized carbons (Fsp3) is 0.786. The summed E-state index contributed by atoms with van der Waals surface area (Å²) in [5, 5.41) is 9.87. The maximum atomic E-state index is 10.6. The first-order valence-corrected chi connectivity index (χ1v) is 6.43. The smallest absolute Gasteiger partial charge is 0.123 e. The van der Waals surface area contributed by atoms with E-state index in [2.05, 4.69) is 6.08 Å². The molecular weight excluding hydrogens is 200 g/mol. The van der Waals surface area contributed by atoms with Gasteiger partial charge in [-0.1, -0.05) is 18.6 Å². The Morgan fingerprint density at radius 3 is 2.88 bits per heavy atom. The summed E-state index contributed by atoms with van der Waals surface area (Å²) >= 11 is 0. The van der Waals surface area contributed by atoms with Crippen molar-refractivity contribution in [2.45, 2.75) is 64.4 Å². The Morgan fingerprint density at radius 2 is 2.38 bits per heavy atom. The quantitative estimate of drug-likeness (QED) is 0.555. The summed E-state index contributed by atoms with van der Waals surface area (Å²) in [4.78, 5) is 10.6. The number of aldehydes is 1. The molecule has 2 heteroatoms. The van der Waals surface area contributed by atoms with Crippen LogP contribution in [0.15, 0.2) is 11.6 Å². The van der Waals surface area contributed by atoms with Crippen LogP contribution < -0.4 is 0 Å². The average Bonchev–Trinajstić information content (AvgIpc) is 2.30. The van der Waals surface area contributed by atoms with Crippen molar-refractivity contribution >= 4 is 6.29 Å². The monoisotopic (exact) mass is 224 g/mol. The predicted octanol–water partition coefficient (Wildman–Crippen LogP) is 3.24. The summed E-state index contributed by atoms with van der Waals surface area (Å²) in [6.45, 7) is 3.93. The largest absolute Gasteiger partial charge is 0.390 e. The number of allylic oxidation sites excluding steroid dienone is 2. The summed E-state index contributed by atoms with van der Waals surface area (Å²) in [5.41, 5.74) is 0.977. The van der Waals surface area contributed by atoms with E-state index in [1.54, 1.807) is 0 Å². The second-order valence-electron chi connectivity index (χ2n) is 5.24. The van der Waals surface area contributed by atoms with Crippen molar-refractivity contribution in [2.24, 2.45) is 5.92 Å². The molecule has 0 bridgehead atoms. The van der Waals surface area contributed by atoms with Crippen LogP contribution in [0.3, 0.4) is 0 Å². The maximum absolute atomic E-state index is 10.6. The van der Waals surface area contributed by atoms with Crippen LogP contribution in [-0.2, 0) is 4.79 Å². The number of carbonyl (C=O) groups excluding carboxylic acids is 1. The van der Waals surface area contributed by atoms with E-state index >= 15 is 0 Å². The minimum atomic E-state index is -0.499. The highest BCUT2D eigenvalue weighted by atomic mass is 16.3. The van der Waals surface area contributed by atoms with Crippen molar-refractivity contribution in [1.29, 1.82) is 0 Å². The van der Waals surface area contributed by atoms with Crippen LogP contribution in [0.4, 0.5) is 0 Å². The Hall–Kier alpha value is -0.630. The number of hydrogen-bond acceptors (Lipinski definition) is 2. The molecule has 0 heterocycles. The lowest BCUT2D eigenvalue weighted by Crippen LogP contribution is -2.22. The summed E-state index contributed by atoms with van der Waals surface area (Å²) in [7, 11) is 0. The fourth-order valence-corrected chi connectivity index (χ4v) is 2.13. The third kappa shape index (κ3) is 4.48. The first-order valence-electron chi connectivity index (χ1n) is 6.43. The van der Waals surface area contributed by atoms with Gasteiger partial charge in [0.05, 0.1) is 5.60 Å². The highest BCUT2D eigenvalue weighted by Gasteiger charge is 2.18. The molecule has 0 aromatic rings. The Bertz CT molecular complexity index is 253. The average molecular weight is 224 g/mol. The van der Waals surface area contributed by atoms with Crippen molar-refractivity contribution in [2.75, 3.05) is 0 Å². The molecule has 0 radical (unpaired) electrons. The fourth-order valence-electron chi connectivity index (χ4n) is 2.13. The lowest BCUT2D eigenvalue weighted by Gasteiger charge is -2.22. The van der Waals surface area contributed by atoms with E-state index in [1.165, 1.54) is 5.57 Å². The molecule has 2 unspecified atom stereocenters. The van der Waals surface area contributed by atoms with Gasteiger partial charge in [0.1, 0.15) is 6.29 Å². The Balaban J connectivity index is 2.24. The first kappa shape index (κ1) is 13.4. The normalized spacial score (nSPS) is 24.7. The summed E-state index contributed by atoms with van der Waals surface area (Å²) < 4.78 is 0. The van der Waals surface area contributed by atoms with Crippen molar-refractivity contribution in [1.82, 2.24) is 0 Å². The lowest BCUT2D eigenvalue weighted by atomic mass is 9.87. The predicted molar refractivity (Wildman–Crippen MR) is 66.3 cm³/mol. The van der Waals surface area contributed by atoms with Crippen LogP contribution >= 0.6 is 0 Å². The van der Waals surface area contributed by atoms with Gasteiger partial charge in [-0.05, 0) is 51.9 Å². The zero-order valence-corrected chi connectivity index (χ0v) is 10.5. The van der Waals surface area contributed by atoms with Crippen LogP contribution in [0, 0.1) is 5.92 Å².